The molecule has 4 N–H and O–H groups in total. The molecule has 0 saturated heterocycles. The lowest BCUT2D eigenvalue weighted by Crippen LogP contribution is -2.44. The van der Waals surface area contributed by atoms with Crippen LogP contribution in [0.1, 0.15) is 15.9 Å². The summed E-state index contributed by atoms with van der Waals surface area (Å²) >= 11 is 0. The fourth-order valence-corrected chi connectivity index (χ4v) is 3.04. The van der Waals surface area contributed by atoms with E-state index in [1.165, 1.54) is 12.1 Å². The van der Waals surface area contributed by atoms with E-state index < -0.39 is 18.2 Å². The number of hydrazine groups is 1. The van der Waals surface area contributed by atoms with Crippen LogP contribution in [0.15, 0.2) is 59.7 Å². The average Bonchev–Trinajstić information content (AvgIpc) is 3.50. The predicted molar refractivity (Wildman–Crippen MR) is 117 cm³/mol. The second kappa shape index (κ2) is 9.85. The number of aromatic nitrogens is 3. The first-order chi connectivity index (χ1) is 16.0. The molecule has 0 bridgehead atoms. The Hall–Kier alpha value is -4.35. The average molecular weight is 454 g/mol. The molecule has 12 heteroatoms. The van der Waals surface area contributed by atoms with Crippen molar-refractivity contribution in [2.75, 3.05) is 18.4 Å². The SMILES string of the molecule is O=C(NNC(=O)C(F)F)c1ccc(Cn2cc(-c3ccc(NC4=NCCN4)cc3)nn2)cc1. The minimum atomic E-state index is -3.21. The summed E-state index contributed by atoms with van der Waals surface area (Å²) in [5.41, 5.74) is 7.18. The second-order valence-electron chi connectivity index (χ2n) is 7.10. The van der Waals surface area contributed by atoms with Gasteiger partial charge in [-0.05, 0) is 29.8 Å². The molecule has 2 amide bonds. The molecule has 0 radical (unpaired) electrons. The third-order valence-electron chi connectivity index (χ3n) is 4.71. The molecule has 10 nitrogen and oxygen atoms in total. The summed E-state index contributed by atoms with van der Waals surface area (Å²) < 4.78 is 26.0. The van der Waals surface area contributed by atoms with Crippen molar-refractivity contribution in [3.8, 4) is 11.3 Å². The number of aliphatic imine (C=N–C) groups is 1. The highest BCUT2D eigenvalue weighted by Gasteiger charge is 2.16. The summed E-state index contributed by atoms with van der Waals surface area (Å²) in [5, 5.41) is 14.7. The molecule has 170 valence electrons. The standard InChI is InChI=1S/C21H20F2N8O2/c22-18(23)20(33)29-28-19(32)15-3-1-13(2-4-15)11-31-12-17(27-30-31)14-5-7-16(8-6-14)26-21-24-9-10-25-21/h1-8,12,18H,9-11H2,(H,28,32)(H,29,33)(H2,24,25,26). The Morgan fingerprint density at radius 3 is 2.48 bits per heavy atom. The van der Waals surface area contributed by atoms with Crippen molar-refractivity contribution in [2.24, 2.45) is 4.99 Å². The van der Waals surface area contributed by atoms with Gasteiger partial charge >= 0.3 is 12.3 Å². The zero-order valence-electron chi connectivity index (χ0n) is 17.3. The van der Waals surface area contributed by atoms with E-state index in [2.05, 4.69) is 25.9 Å². The highest BCUT2D eigenvalue weighted by Crippen LogP contribution is 2.19. The van der Waals surface area contributed by atoms with Crippen LogP contribution in [-0.4, -0.2) is 52.3 Å². The number of rotatable bonds is 6. The molecule has 1 aliphatic heterocycles. The van der Waals surface area contributed by atoms with Gasteiger partial charge in [0.05, 0.1) is 19.3 Å². The van der Waals surface area contributed by atoms with Gasteiger partial charge in [0.2, 0.25) is 0 Å². The maximum atomic E-state index is 12.2. The summed E-state index contributed by atoms with van der Waals surface area (Å²) in [6.07, 6.45) is -1.40. The van der Waals surface area contributed by atoms with Crippen molar-refractivity contribution >= 4 is 23.5 Å². The third kappa shape index (κ3) is 5.67. The van der Waals surface area contributed by atoms with Crippen LogP contribution in [0.5, 0.6) is 0 Å². The topological polar surface area (TPSA) is 125 Å². The molecule has 0 saturated carbocycles. The van der Waals surface area contributed by atoms with Crippen LogP contribution in [0.4, 0.5) is 14.5 Å². The lowest BCUT2D eigenvalue weighted by Gasteiger charge is -2.07. The zero-order chi connectivity index (χ0) is 23.2. The van der Waals surface area contributed by atoms with E-state index >= 15 is 0 Å². The van der Waals surface area contributed by atoms with Crippen molar-refractivity contribution in [2.45, 2.75) is 13.0 Å². The molecule has 1 aromatic heterocycles. The Morgan fingerprint density at radius 1 is 1.06 bits per heavy atom. The van der Waals surface area contributed by atoms with E-state index in [0.717, 1.165) is 35.9 Å². The highest BCUT2D eigenvalue weighted by atomic mass is 19.3. The van der Waals surface area contributed by atoms with Crippen molar-refractivity contribution in [3.05, 3.63) is 65.9 Å². The zero-order valence-corrected chi connectivity index (χ0v) is 17.3. The number of halogens is 2. The first-order valence-electron chi connectivity index (χ1n) is 10.0. The van der Waals surface area contributed by atoms with Crippen molar-refractivity contribution in [1.29, 1.82) is 0 Å². The highest BCUT2D eigenvalue weighted by molar-refractivity contribution is 5.96. The Morgan fingerprint density at radius 2 is 1.82 bits per heavy atom. The molecule has 4 rings (SSSR count). The maximum Gasteiger partial charge on any atom is 0.317 e. The quantitative estimate of drug-likeness (QED) is 0.417. The molecule has 2 aromatic carbocycles. The number of amides is 2. The van der Waals surface area contributed by atoms with Crippen molar-refractivity contribution < 1.29 is 18.4 Å². The van der Waals surface area contributed by atoms with Crippen LogP contribution in [-0.2, 0) is 11.3 Å². The predicted octanol–water partition coefficient (Wildman–Crippen LogP) is 1.39. The number of guanidine groups is 1. The van der Waals surface area contributed by atoms with Gasteiger partial charge in [0, 0.05) is 23.4 Å². The van der Waals surface area contributed by atoms with Gasteiger partial charge in [0.15, 0.2) is 5.96 Å². The number of nitrogens with one attached hydrogen (secondary N) is 4. The van der Waals surface area contributed by atoms with Crippen LogP contribution >= 0.6 is 0 Å². The fraction of sp³-hybridized carbons (Fsp3) is 0.190. The Balaban J connectivity index is 1.33. The van der Waals surface area contributed by atoms with Crippen molar-refractivity contribution in [1.82, 2.24) is 31.2 Å². The number of alkyl halides is 2. The van der Waals surface area contributed by atoms with E-state index in [1.54, 1.807) is 22.2 Å². The number of anilines is 1. The van der Waals surface area contributed by atoms with Gasteiger partial charge < -0.3 is 10.6 Å². The van der Waals surface area contributed by atoms with Gasteiger partial charge in [-0.25, -0.2) is 4.68 Å². The summed E-state index contributed by atoms with van der Waals surface area (Å²) in [7, 11) is 0. The molecular weight excluding hydrogens is 434 g/mol. The van der Waals surface area contributed by atoms with Crippen LogP contribution in [0.3, 0.4) is 0 Å². The third-order valence-corrected chi connectivity index (χ3v) is 4.71. The monoisotopic (exact) mass is 454 g/mol. The number of benzene rings is 2. The molecule has 0 unspecified atom stereocenters. The largest absolute Gasteiger partial charge is 0.354 e. The fourth-order valence-electron chi connectivity index (χ4n) is 3.04. The summed E-state index contributed by atoms with van der Waals surface area (Å²) in [6, 6.07) is 14.2. The molecule has 3 aromatic rings. The van der Waals surface area contributed by atoms with E-state index in [1.807, 2.05) is 35.9 Å². The molecule has 33 heavy (non-hydrogen) atoms. The van der Waals surface area contributed by atoms with E-state index in [0.29, 0.717) is 12.2 Å². The summed E-state index contributed by atoms with van der Waals surface area (Å²) in [4.78, 5) is 27.0. The molecule has 0 atom stereocenters. The molecule has 0 spiro atoms. The first kappa shape index (κ1) is 21.9. The lowest BCUT2D eigenvalue weighted by molar-refractivity contribution is -0.132. The number of hydrogen-bond donors (Lipinski definition) is 4. The Kier molecular flexibility index (Phi) is 6.53. The van der Waals surface area contributed by atoms with Gasteiger partial charge in [-0.15, -0.1) is 5.10 Å². The minimum absolute atomic E-state index is 0.208. The van der Waals surface area contributed by atoms with E-state index in [4.69, 9.17) is 0 Å². The second-order valence-corrected chi connectivity index (χ2v) is 7.10. The van der Waals surface area contributed by atoms with Crippen LogP contribution in [0, 0.1) is 0 Å². The van der Waals surface area contributed by atoms with Gasteiger partial charge in [-0.3, -0.25) is 25.4 Å². The number of hydrogen-bond acceptors (Lipinski definition) is 7. The molecule has 0 fully saturated rings. The van der Waals surface area contributed by atoms with Gasteiger partial charge in [-0.2, -0.15) is 8.78 Å². The maximum absolute atomic E-state index is 12.2. The van der Waals surface area contributed by atoms with Crippen LogP contribution in [0.2, 0.25) is 0 Å². The van der Waals surface area contributed by atoms with Gasteiger partial charge in [-0.1, -0.05) is 29.5 Å². The number of nitrogens with zero attached hydrogens (tertiary/aromatic N) is 4. The van der Waals surface area contributed by atoms with Crippen LogP contribution in [0.25, 0.3) is 11.3 Å². The van der Waals surface area contributed by atoms with Crippen molar-refractivity contribution in [3.63, 3.8) is 0 Å². The van der Waals surface area contributed by atoms with Crippen LogP contribution < -0.4 is 21.5 Å². The Labute approximate surface area is 187 Å². The molecular formula is C21H20F2N8O2. The minimum Gasteiger partial charge on any atom is -0.354 e. The Bertz CT molecular complexity index is 1160. The van der Waals surface area contributed by atoms with E-state index in [-0.39, 0.29) is 5.56 Å². The normalized spacial score (nSPS) is 12.8. The summed E-state index contributed by atoms with van der Waals surface area (Å²) in [6.45, 7) is 2.01. The summed E-state index contributed by atoms with van der Waals surface area (Å²) in [5.74, 6) is -1.52. The van der Waals surface area contributed by atoms with E-state index in [9.17, 15) is 18.4 Å². The molecule has 0 aliphatic carbocycles. The van der Waals surface area contributed by atoms with Gasteiger partial charge in [0.1, 0.15) is 5.69 Å². The van der Waals surface area contributed by atoms with Gasteiger partial charge in [0.25, 0.3) is 5.91 Å². The number of carbonyl (C=O) groups excluding carboxylic acids is 2. The number of carbonyl (C=O) groups is 2. The first-order valence-corrected chi connectivity index (χ1v) is 10.0. The molecule has 1 aliphatic rings. The lowest BCUT2D eigenvalue weighted by atomic mass is 10.1. The smallest absolute Gasteiger partial charge is 0.317 e. The molecule has 2 heterocycles.